The summed E-state index contributed by atoms with van der Waals surface area (Å²) < 4.78 is 0. The molecular formula is C15H26N4. The summed E-state index contributed by atoms with van der Waals surface area (Å²) in [5.74, 6) is 0.890. The summed E-state index contributed by atoms with van der Waals surface area (Å²) in [6.45, 7) is 9.40. The van der Waals surface area contributed by atoms with Crippen molar-refractivity contribution in [2.75, 3.05) is 24.5 Å². The molecule has 1 aliphatic rings. The summed E-state index contributed by atoms with van der Waals surface area (Å²) in [5, 5.41) is 3.56. The molecule has 0 aromatic carbocycles. The number of aromatic nitrogens is 2. The van der Waals surface area contributed by atoms with Crippen molar-refractivity contribution in [3.8, 4) is 0 Å². The SMILES string of the molecule is CCNC1CCCCc2nc(N(CC)CC)ncc21. The van der Waals surface area contributed by atoms with E-state index in [0.29, 0.717) is 6.04 Å². The maximum Gasteiger partial charge on any atom is 0.225 e. The molecule has 1 aliphatic carbocycles. The van der Waals surface area contributed by atoms with Crippen LogP contribution in [0.4, 0.5) is 5.95 Å². The molecule has 0 amide bonds. The Bertz CT molecular complexity index is 401. The molecule has 0 aliphatic heterocycles. The van der Waals surface area contributed by atoms with Gasteiger partial charge in [-0.25, -0.2) is 9.97 Å². The van der Waals surface area contributed by atoms with Crippen molar-refractivity contribution < 1.29 is 0 Å². The van der Waals surface area contributed by atoms with Gasteiger partial charge in [-0.15, -0.1) is 0 Å². The Kier molecular flexibility index (Phi) is 5.14. The Morgan fingerprint density at radius 1 is 1.26 bits per heavy atom. The summed E-state index contributed by atoms with van der Waals surface area (Å²) in [4.78, 5) is 11.6. The normalized spacial score (nSPS) is 18.8. The van der Waals surface area contributed by atoms with Gasteiger partial charge in [-0.3, -0.25) is 0 Å². The molecule has 1 unspecified atom stereocenters. The molecule has 1 atom stereocenters. The summed E-state index contributed by atoms with van der Waals surface area (Å²) in [7, 11) is 0. The van der Waals surface area contributed by atoms with E-state index in [9.17, 15) is 0 Å². The van der Waals surface area contributed by atoms with E-state index in [-0.39, 0.29) is 0 Å². The molecule has 0 bridgehead atoms. The highest BCUT2D eigenvalue weighted by Gasteiger charge is 2.20. The first-order chi connectivity index (χ1) is 9.30. The van der Waals surface area contributed by atoms with Crippen molar-refractivity contribution >= 4 is 5.95 Å². The number of fused-ring (bicyclic) bond motifs is 1. The average molecular weight is 262 g/mol. The lowest BCUT2D eigenvalue weighted by Crippen LogP contribution is -2.26. The quantitative estimate of drug-likeness (QED) is 0.828. The minimum absolute atomic E-state index is 0.438. The van der Waals surface area contributed by atoms with Crippen molar-refractivity contribution in [2.45, 2.75) is 52.5 Å². The third-order valence-corrected chi connectivity index (χ3v) is 3.92. The Hall–Kier alpha value is -1.16. The second-order valence-electron chi connectivity index (χ2n) is 5.10. The number of rotatable bonds is 5. The lowest BCUT2D eigenvalue weighted by atomic mass is 10.1. The summed E-state index contributed by atoms with van der Waals surface area (Å²) in [6, 6.07) is 0.438. The van der Waals surface area contributed by atoms with Gasteiger partial charge in [-0.2, -0.15) is 0 Å². The molecule has 0 saturated carbocycles. The van der Waals surface area contributed by atoms with E-state index in [0.717, 1.165) is 32.0 Å². The second kappa shape index (κ2) is 6.85. The van der Waals surface area contributed by atoms with Crippen LogP contribution < -0.4 is 10.2 Å². The minimum atomic E-state index is 0.438. The molecule has 1 N–H and O–H groups in total. The molecule has 19 heavy (non-hydrogen) atoms. The maximum atomic E-state index is 4.82. The van der Waals surface area contributed by atoms with Crippen LogP contribution in [0.25, 0.3) is 0 Å². The highest BCUT2D eigenvalue weighted by molar-refractivity contribution is 5.34. The summed E-state index contributed by atoms with van der Waals surface area (Å²) >= 11 is 0. The number of anilines is 1. The number of nitrogens with one attached hydrogen (secondary N) is 1. The van der Waals surface area contributed by atoms with Crippen LogP contribution in [-0.2, 0) is 6.42 Å². The van der Waals surface area contributed by atoms with Crippen LogP contribution in [0.5, 0.6) is 0 Å². The van der Waals surface area contributed by atoms with Gasteiger partial charge in [-0.05, 0) is 39.7 Å². The maximum absolute atomic E-state index is 4.82. The van der Waals surface area contributed by atoms with Crippen LogP contribution >= 0.6 is 0 Å². The van der Waals surface area contributed by atoms with E-state index in [1.807, 2.05) is 0 Å². The predicted molar refractivity (Wildman–Crippen MR) is 79.6 cm³/mol. The van der Waals surface area contributed by atoms with Crippen LogP contribution in [0.3, 0.4) is 0 Å². The van der Waals surface area contributed by atoms with Crippen LogP contribution in [0.2, 0.25) is 0 Å². The Morgan fingerprint density at radius 2 is 2.05 bits per heavy atom. The van der Waals surface area contributed by atoms with Gasteiger partial charge in [0.15, 0.2) is 0 Å². The summed E-state index contributed by atoms with van der Waals surface area (Å²) in [5.41, 5.74) is 2.57. The molecule has 1 heterocycles. The molecule has 1 aromatic heterocycles. The van der Waals surface area contributed by atoms with E-state index in [2.05, 4.69) is 42.2 Å². The predicted octanol–water partition coefficient (Wildman–Crippen LogP) is 2.70. The molecule has 4 heteroatoms. The molecule has 0 spiro atoms. The Balaban J connectivity index is 2.29. The smallest absolute Gasteiger partial charge is 0.225 e. The number of hydrogen-bond acceptors (Lipinski definition) is 4. The van der Waals surface area contributed by atoms with Crippen molar-refractivity contribution in [1.82, 2.24) is 15.3 Å². The van der Waals surface area contributed by atoms with E-state index >= 15 is 0 Å². The summed E-state index contributed by atoms with van der Waals surface area (Å²) in [6.07, 6.45) is 6.86. The van der Waals surface area contributed by atoms with E-state index in [4.69, 9.17) is 4.98 Å². The third-order valence-electron chi connectivity index (χ3n) is 3.92. The molecule has 1 aromatic rings. The van der Waals surface area contributed by atoms with Gasteiger partial charge < -0.3 is 10.2 Å². The molecule has 0 radical (unpaired) electrons. The molecule has 0 saturated heterocycles. The van der Waals surface area contributed by atoms with E-state index < -0.39 is 0 Å². The monoisotopic (exact) mass is 262 g/mol. The number of aryl methyl sites for hydroxylation is 1. The van der Waals surface area contributed by atoms with Gasteiger partial charge in [0.2, 0.25) is 5.95 Å². The van der Waals surface area contributed by atoms with Crippen molar-refractivity contribution in [1.29, 1.82) is 0 Å². The topological polar surface area (TPSA) is 41.1 Å². The van der Waals surface area contributed by atoms with Crippen molar-refractivity contribution in [2.24, 2.45) is 0 Å². The van der Waals surface area contributed by atoms with E-state index in [1.54, 1.807) is 0 Å². The first-order valence-corrected chi connectivity index (χ1v) is 7.64. The Morgan fingerprint density at radius 3 is 2.74 bits per heavy atom. The third kappa shape index (κ3) is 3.24. The van der Waals surface area contributed by atoms with Gasteiger partial charge in [0.25, 0.3) is 0 Å². The van der Waals surface area contributed by atoms with Gasteiger partial charge in [0.05, 0.1) is 5.69 Å². The zero-order valence-corrected chi connectivity index (χ0v) is 12.4. The first-order valence-electron chi connectivity index (χ1n) is 7.64. The van der Waals surface area contributed by atoms with Crippen molar-refractivity contribution in [3.05, 3.63) is 17.5 Å². The lowest BCUT2D eigenvalue weighted by molar-refractivity contribution is 0.502. The highest BCUT2D eigenvalue weighted by atomic mass is 15.2. The average Bonchev–Trinajstić information content (AvgIpc) is 2.63. The van der Waals surface area contributed by atoms with Gasteiger partial charge in [-0.1, -0.05) is 13.3 Å². The van der Waals surface area contributed by atoms with Crippen LogP contribution in [-0.4, -0.2) is 29.6 Å². The van der Waals surface area contributed by atoms with Crippen molar-refractivity contribution in [3.63, 3.8) is 0 Å². The fourth-order valence-corrected chi connectivity index (χ4v) is 2.82. The number of hydrogen-bond donors (Lipinski definition) is 1. The molecular weight excluding hydrogens is 236 g/mol. The molecule has 0 fully saturated rings. The van der Waals surface area contributed by atoms with Gasteiger partial charge in [0, 0.05) is 30.9 Å². The zero-order valence-electron chi connectivity index (χ0n) is 12.4. The number of nitrogens with zero attached hydrogens (tertiary/aromatic N) is 3. The fraction of sp³-hybridized carbons (Fsp3) is 0.733. The zero-order chi connectivity index (χ0) is 13.7. The van der Waals surface area contributed by atoms with Gasteiger partial charge >= 0.3 is 0 Å². The van der Waals surface area contributed by atoms with Crippen LogP contribution in [0, 0.1) is 0 Å². The molecule has 106 valence electrons. The van der Waals surface area contributed by atoms with Crippen LogP contribution in [0.15, 0.2) is 6.20 Å². The first kappa shape index (κ1) is 14.3. The Labute approximate surface area is 116 Å². The second-order valence-corrected chi connectivity index (χ2v) is 5.10. The molecule has 2 rings (SSSR count). The minimum Gasteiger partial charge on any atom is -0.341 e. The van der Waals surface area contributed by atoms with E-state index in [1.165, 1.54) is 30.5 Å². The fourth-order valence-electron chi connectivity index (χ4n) is 2.82. The lowest BCUT2D eigenvalue weighted by Gasteiger charge is -2.22. The van der Waals surface area contributed by atoms with Gasteiger partial charge in [0.1, 0.15) is 0 Å². The highest BCUT2D eigenvalue weighted by Crippen LogP contribution is 2.28. The standard InChI is InChI=1S/C15H26N4/c1-4-16-13-9-7-8-10-14-12(13)11-17-15(18-14)19(5-2)6-3/h11,13,16H,4-10H2,1-3H3. The van der Waals surface area contributed by atoms with Crippen LogP contribution in [0.1, 0.15) is 57.3 Å². The largest absolute Gasteiger partial charge is 0.341 e. The molecule has 4 nitrogen and oxygen atoms in total.